The Morgan fingerprint density at radius 2 is 2.27 bits per heavy atom. The molecule has 15 heavy (non-hydrogen) atoms. The minimum atomic E-state index is -0.993. The Bertz CT molecular complexity index is 491. The highest BCUT2D eigenvalue weighted by Crippen LogP contribution is 2.23. The number of nitrogen functional groups attached to an aromatic ring is 1. The Kier molecular flexibility index (Phi) is 2.13. The smallest absolute Gasteiger partial charge is 0.335 e. The summed E-state index contributed by atoms with van der Waals surface area (Å²) in [7, 11) is 0. The molecule has 0 aliphatic heterocycles. The summed E-state index contributed by atoms with van der Waals surface area (Å²) in [5, 5.41) is 8.75. The molecule has 0 spiro atoms. The van der Waals surface area contributed by atoms with Gasteiger partial charge in [-0.05, 0) is 18.2 Å². The molecule has 0 saturated carbocycles. The number of nitrogens with zero attached hydrogens (tertiary/aromatic N) is 1. The number of carbonyl (C=O) groups is 1. The van der Waals surface area contributed by atoms with Crippen molar-refractivity contribution in [1.29, 1.82) is 0 Å². The third kappa shape index (κ3) is 1.67. The Hall–Kier alpha value is -2.30. The number of benzene rings is 1. The Balaban J connectivity index is 2.48. The molecular formula is C10H9N3O2. The molecule has 2 rings (SSSR count). The molecule has 4 N–H and O–H groups in total. The van der Waals surface area contributed by atoms with Crippen molar-refractivity contribution in [3.63, 3.8) is 0 Å². The number of hydrogen-bond donors (Lipinski definition) is 3. The fourth-order valence-corrected chi connectivity index (χ4v) is 1.32. The number of aromatic nitrogens is 2. The van der Waals surface area contributed by atoms with Crippen molar-refractivity contribution in [2.75, 3.05) is 5.73 Å². The molecular weight excluding hydrogens is 194 g/mol. The topological polar surface area (TPSA) is 92.0 Å². The van der Waals surface area contributed by atoms with Gasteiger partial charge in [0.05, 0.1) is 5.56 Å². The van der Waals surface area contributed by atoms with E-state index < -0.39 is 5.97 Å². The lowest BCUT2D eigenvalue weighted by molar-refractivity contribution is 0.0697. The lowest BCUT2D eigenvalue weighted by Crippen LogP contribution is -1.99. The van der Waals surface area contributed by atoms with E-state index in [4.69, 9.17) is 10.8 Å². The van der Waals surface area contributed by atoms with Crippen LogP contribution in [0.3, 0.4) is 0 Å². The SMILES string of the molecule is Nc1cc(C(=O)O)ccc1-c1ncc[nH]1. The maximum Gasteiger partial charge on any atom is 0.335 e. The van der Waals surface area contributed by atoms with Gasteiger partial charge in [-0.1, -0.05) is 0 Å². The van der Waals surface area contributed by atoms with E-state index >= 15 is 0 Å². The molecule has 1 heterocycles. The minimum Gasteiger partial charge on any atom is -0.478 e. The van der Waals surface area contributed by atoms with E-state index in [2.05, 4.69) is 9.97 Å². The summed E-state index contributed by atoms with van der Waals surface area (Å²) in [6.45, 7) is 0. The van der Waals surface area contributed by atoms with Gasteiger partial charge in [-0.3, -0.25) is 0 Å². The molecule has 0 aliphatic rings. The molecule has 0 bridgehead atoms. The van der Waals surface area contributed by atoms with Gasteiger partial charge in [0.2, 0.25) is 0 Å². The number of nitrogens with two attached hydrogens (primary N) is 1. The van der Waals surface area contributed by atoms with Gasteiger partial charge in [0.15, 0.2) is 0 Å². The standard InChI is InChI=1S/C10H9N3O2/c11-8-5-6(10(14)15)1-2-7(8)9-12-3-4-13-9/h1-5H,11H2,(H,12,13)(H,14,15). The lowest BCUT2D eigenvalue weighted by Gasteiger charge is -2.03. The zero-order valence-electron chi connectivity index (χ0n) is 7.77. The predicted octanol–water partition coefficient (Wildman–Crippen LogP) is 1.36. The Morgan fingerprint density at radius 3 is 2.80 bits per heavy atom. The van der Waals surface area contributed by atoms with Gasteiger partial charge in [-0.2, -0.15) is 0 Å². The third-order valence-electron chi connectivity index (χ3n) is 2.05. The van der Waals surface area contributed by atoms with Gasteiger partial charge in [0, 0.05) is 23.6 Å². The van der Waals surface area contributed by atoms with Crippen LogP contribution in [0.5, 0.6) is 0 Å². The molecule has 76 valence electrons. The van der Waals surface area contributed by atoms with Crippen molar-refractivity contribution < 1.29 is 9.90 Å². The number of carboxylic acid groups (broad SMARTS) is 1. The first-order valence-corrected chi connectivity index (χ1v) is 4.31. The number of aromatic amines is 1. The normalized spacial score (nSPS) is 10.1. The number of H-pyrrole nitrogens is 1. The van der Waals surface area contributed by atoms with E-state index in [9.17, 15) is 4.79 Å². The molecule has 0 amide bonds. The van der Waals surface area contributed by atoms with Crippen molar-refractivity contribution in [1.82, 2.24) is 9.97 Å². The molecule has 2 aromatic rings. The number of hydrogen-bond acceptors (Lipinski definition) is 3. The summed E-state index contributed by atoms with van der Waals surface area (Å²) < 4.78 is 0. The Morgan fingerprint density at radius 1 is 1.47 bits per heavy atom. The maximum absolute atomic E-state index is 10.7. The van der Waals surface area contributed by atoms with Crippen molar-refractivity contribution >= 4 is 11.7 Å². The zero-order valence-corrected chi connectivity index (χ0v) is 7.77. The summed E-state index contributed by atoms with van der Waals surface area (Å²) in [4.78, 5) is 17.6. The fourth-order valence-electron chi connectivity index (χ4n) is 1.32. The Labute approximate surface area is 85.6 Å². The summed E-state index contributed by atoms with van der Waals surface area (Å²) in [6.07, 6.45) is 3.29. The van der Waals surface area contributed by atoms with Gasteiger partial charge in [0.1, 0.15) is 5.82 Å². The zero-order chi connectivity index (χ0) is 10.8. The van der Waals surface area contributed by atoms with E-state index in [0.717, 1.165) is 0 Å². The van der Waals surface area contributed by atoms with Crippen LogP contribution in [0.2, 0.25) is 0 Å². The molecule has 0 atom stereocenters. The first-order chi connectivity index (χ1) is 7.18. The molecule has 0 aliphatic carbocycles. The summed E-state index contributed by atoms with van der Waals surface area (Å²) in [5.41, 5.74) is 6.99. The number of carboxylic acids is 1. The van der Waals surface area contributed by atoms with Crippen molar-refractivity contribution in [2.24, 2.45) is 0 Å². The van der Waals surface area contributed by atoms with Crippen molar-refractivity contribution in [2.45, 2.75) is 0 Å². The van der Waals surface area contributed by atoms with Crippen LogP contribution in [0.25, 0.3) is 11.4 Å². The van der Waals surface area contributed by atoms with Crippen LogP contribution < -0.4 is 5.73 Å². The number of anilines is 1. The highest BCUT2D eigenvalue weighted by Gasteiger charge is 2.08. The molecule has 0 fully saturated rings. The summed E-state index contributed by atoms with van der Waals surface area (Å²) in [6, 6.07) is 4.55. The second-order valence-corrected chi connectivity index (χ2v) is 3.04. The average molecular weight is 203 g/mol. The van der Waals surface area contributed by atoms with E-state index in [1.165, 1.54) is 12.1 Å². The van der Waals surface area contributed by atoms with Gasteiger partial charge in [-0.15, -0.1) is 0 Å². The quantitative estimate of drug-likeness (QED) is 0.642. The van der Waals surface area contributed by atoms with E-state index in [-0.39, 0.29) is 5.56 Å². The van der Waals surface area contributed by atoms with Crippen molar-refractivity contribution in [3.05, 3.63) is 36.2 Å². The van der Waals surface area contributed by atoms with Crippen LogP contribution in [0.15, 0.2) is 30.6 Å². The number of aromatic carboxylic acids is 1. The largest absolute Gasteiger partial charge is 0.478 e. The second-order valence-electron chi connectivity index (χ2n) is 3.04. The average Bonchev–Trinajstić information content (AvgIpc) is 2.70. The van der Waals surface area contributed by atoms with E-state index in [1.807, 2.05) is 0 Å². The highest BCUT2D eigenvalue weighted by molar-refractivity contribution is 5.90. The first kappa shape index (κ1) is 9.26. The molecule has 0 radical (unpaired) electrons. The highest BCUT2D eigenvalue weighted by atomic mass is 16.4. The van der Waals surface area contributed by atoms with Crippen LogP contribution in [-0.2, 0) is 0 Å². The molecule has 0 unspecified atom stereocenters. The van der Waals surface area contributed by atoms with Gasteiger partial charge in [-0.25, -0.2) is 9.78 Å². The number of rotatable bonds is 2. The summed E-state index contributed by atoms with van der Waals surface area (Å²) >= 11 is 0. The molecule has 1 aromatic heterocycles. The lowest BCUT2D eigenvalue weighted by atomic mass is 10.1. The van der Waals surface area contributed by atoms with Gasteiger partial charge in [0.25, 0.3) is 0 Å². The fraction of sp³-hybridized carbons (Fsp3) is 0. The van der Waals surface area contributed by atoms with E-state index in [1.54, 1.807) is 18.5 Å². The van der Waals surface area contributed by atoms with E-state index in [0.29, 0.717) is 17.1 Å². The number of nitrogens with one attached hydrogen (secondary N) is 1. The van der Waals surface area contributed by atoms with Crippen LogP contribution in [0.4, 0.5) is 5.69 Å². The van der Waals surface area contributed by atoms with Crippen molar-refractivity contribution in [3.8, 4) is 11.4 Å². The van der Waals surface area contributed by atoms with Gasteiger partial charge >= 0.3 is 5.97 Å². The molecule has 1 aromatic carbocycles. The molecule has 5 heteroatoms. The minimum absolute atomic E-state index is 0.169. The van der Waals surface area contributed by atoms with Crippen LogP contribution in [0, 0.1) is 0 Å². The number of imidazole rings is 1. The van der Waals surface area contributed by atoms with Crippen LogP contribution in [0.1, 0.15) is 10.4 Å². The summed E-state index contributed by atoms with van der Waals surface area (Å²) in [5.74, 6) is -0.364. The predicted molar refractivity (Wildman–Crippen MR) is 55.4 cm³/mol. The maximum atomic E-state index is 10.7. The van der Waals surface area contributed by atoms with Gasteiger partial charge < -0.3 is 15.8 Å². The van der Waals surface area contributed by atoms with Crippen LogP contribution >= 0.6 is 0 Å². The molecule has 5 nitrogen and oxygen atoms in total. The third-order valence-corrected chi connectivity index (χ3v) is 2.05. The van der Waals surface area contributed by atoms with Crippen LogP contribution in [-0.4, -0.2) is 21.0 Å². The second kappa shape index (κ2) is 3.45. The first-order valence-electron chi connectivity index (χ1n) is 4.31. The molecule has 0 saturated heterocycles. The monoisotopic (exact) mass is 203 g/mol.